The number of hydrogen-bond donors (Lipinski definition) is 0. The molecule has 2 unspecified atom stereocenters. The van der Waals surface area contributed by atoms with Crippen LogP contribution in [0.2, 0.25) is 0 Å². The van der Waals surface area contributed by atoms with Gasteiger partial charge in [0.2, 0.25) is 5.75 Å². The van der Waals surface area contributed by atoms with Gasteiger partial charge < -0.3 is 28.4 Å². The summed E-state index contributed by atoms with van der Waals surface area (Å²) in [5, 5.41) is 0. The van der Waals surface area contributed by atoms with Gasteiger partial charge in [0.1, 0.15) is 19.0 Å². The van der Waals surface area contributed by atoms with E-state index in [9.17, 15) is 0 Å². The molecule has 6 heteroatoms. The van der Waals surface area contributed by atoms with Gasteiger partial charge in [-0.3, -0.25) is 0 Å². The minimum Gasteiger partial charge on any atom is -0.493 e. The standard InChI is InChI=1S/C18H28O6/c1-11(2)23-16-9-21-10-22-17(16)13-7-14(19-5)18(24-12(3)4)15(8-13)20-6/h7-8,11-12,16-17H,9-10H2,1-6H3. The van der Waals surface area contributed by atoms with E-state index in [1.807, 2.05) is 39.8 Å². The van der Waals surface area contributed by atoms with Crippen molar-refractivity contribution in [1.82, 2.24) is 0 Å². The maximum atomic E-state index is 5.94. The summed E-state index contributed by atoms with van der Waals surface area (Å²) in [7, 11) is 3.22. The third-order valence-corrected chi connectivity index (χ3v) is 3.56. The van der Waals surface area contributed by atoms with E-state index in [-0.39, 0.29) is 31.2 Å². The zero-order chi connectivity index (χ0) is 17.7. The smallest absolute Gasteiger partial charge is 0.203 e. The molecule has 136 valence electrons. The van der Waals surface area contributed by atoms with Gasteiger partial charge in [-0.25, -0.2) is 0 Å². The van der Waals surface area contributed by atoms with Crippen LogP contribution in [0.1, 0.15) is 39.4 Å². The summed E-state index contributed by atoms with van der Waals surface area (Å²) >= 11 is 0. The van der Waals surface area contributed by atoms with Gasteiger partial charge in [-0.2, -0.15) is 0 Å². The summed E-state index contributed by atoms with van der Waals surface area (Å²) in [5.74, 6) is 1.81. The minimum atomic E-state index is -0.253. The van der Waals surface area contributed by atoms with E-state index in [2.05, 4.69) is 0 Å². The Morgan fingerprint density at radius 2 is 1.62 bits per heavy atom. The van der Waals surface area contributed by atoms with Crippen molar-refractivity contribution in [2.45, 2.75) is 52.1 Å². The van der Waals surface area contributed by atoms with E-state index in [1.54, 1.807) is 14.2 Å². The Hall–Kier alpha value is -1.50. The topological polar surface area (TPSA) is 55.4 Å². The van der Waals surface area contributed by atoms with Crippen LogP contribution in [0, 0.1) is 0 Å². The second-order valence-electron chi connectivity index (χ2n) is 6.22. The lowest BCUT2D eigenvalue weighted by Crippen LogP contribution is -2.36. The molecule has 1 aliphatic heterocycles. The molecule has 0 amide bonds. The van der Waals surface area contributed by atoms with E-state index in [4.69, 9.17) is 28.4 Å². The highest BCUT2D eigenvalue weighted by Gasteiger charge is 2.31. The van der Waals surface area contributed by atoms with Crippen LogP contribution in [0.5, 0.6) is 17.2 Å². The summed E-state index contributed by atoms with van der Waals surface area (Å²) in [4.78, 5) is 0. The van der Waals surface area contributed by atoms with Crippen LogP contribution < -0.4 is 14.2 Å². The largest absolute Gasteiger partial charge is 0.493 e. The van der Waals surface area contributed by atoms with Gasteiger partial charge in [0, 0.05) is 0 Å². The maximum Gasteiger partial charge on any atom is 0.203 e. The molecule has 6 nitrogen and oxygen atoms in total. The molecule has 1 aromatic carbocycles. The predicted octanol–water partition coefficient (Wildman–Crippen LogP) is 3.33. The Morgan fingerprint density at radius 1 is 1.00 bits per heavy atom. The molecule has 1 aliphatic rings. The zero-order valence-corrected chi connectivity index (χ0v) is 15.3. The summed E-state index contributed by atoms with van der Waals surface area (Å²) in [5.41, 5.74) is 0.911. The third kappa shape index (κ3) is 4.53. The van der Waals surface area contributed by atoms with Gasteiger partial charge in [0.15, 0.2) is 11.5 Å². The molecule has 0 radical (unpaired) electrons. The average Bonchev–Trinajstić information content (AvgIpc) is 2.54. The number of hydrogen-bond acceptors (Lipinski definition) is 6. The Morgan fingerprint density at radius 3 is 2.12 bits per heavy atom. The van der Waals surface area contributed by atoms with Gasteiger partial charge in [-0.1, -0.05) is 0 Å². The Kier molecular flexibility index (Phi) is 6.71. The lowest BCUT2D eigenvalue weighted by molar-refractivity contribution is -0.218. The molecule has 2 atom stereocenters. The summed E-state index contributed by atoms with van der Waals surface area (Å²) < 4.78 is 34.0. The van der Waals surface area contributed by atoms with Crippen LogP contribution in [0.25, 0.3) is 0 Å². The average molecular weight is 340 g/mol. The first kappa shape index (κ1) is 18.8. The third-order valence-electron chi connectivity index (χ3n) is 3.56. The van der Waals surface area contributed by atoms with E-state index in [1.165, 1.54) is 0 Å². The summed E-state index contributed by atoms with van der Waals surface area (Å²) in [6.07, 6.45) is -0.354. The highest BCUT2D eigenvalue weighted by atomic mass is 16.7. The molecular formula is C18H28O6. The molecule has 2 rings (SSSR count). The van der Waals surface area contributed by atoms with Gasteiger partial charge in [-0.15, -0.1) is 0 Å². The summed E-state index contributed by atoms with van der Waals surface area (Å²) in [6.45, 7) is 8.62. The highest BCUT2D eigenvalue weighted by Crippen LogP contribution is 2.42. The summed E-state index contributed by atoms with van der Waals surface area (Å²) in [6, 6.07) is 3.82. The molecule has 0 aliphatic carbocycles. The maximum absolute atomic E-state index is 5.94. The fourth-order valence-corrected chi connectivity index (χ4v) is 2.67. The Bertz CT molecular complexity index is 503. The second-order valence-corrected chi connectivity index (χ2v) is 6.22. The lowest BCUT2D eigenvalue weighted by atomic mass is 10.0. The van der Waals surface area contributed by atoms with Gasteiger partial charge in [0.05, 0.1) is 33.0 Å². The quantitative estimate of drug-likeness (QED) is 0.759. The van der Waals surface area contributed by atoms with Crippen molar-refractivity contribution in [3.8, 4) is 17.2 Å². The first-order chi connectivity index (χ1) is 11.5. The van der Waals surface area contributed by atoms with Crippen molar-refractivity contribution >= 4 is 0 Å². The van der Waals surface area contributed by atoms with Crippen LogP contribution in [0.4, 0.5) is 0 Å². The Labute approximate surface area is 143 Å². The van der Waals surface area contributed by atoms with Crippen molar-refractivity contribution in [3.05, 3.63) is 17.7 Å². The van der Waals surface area contributed by atoms with Crippen molar-refractivity contribution in [3.63, 3.8) is 0 Å². The van der Waals surface area contributed by atoms with Gasteiger partial charge >= 0.3 is 0 Å². The Balaban J connectivity index is 2.37. The molecule has 1 heterocycles. The first-order valence-corrected chi connectivity index (χ1v) is 8.23. The molecule has 0 spiro atoms. The van der Waals surface area contributed by atoms with Crippen molar-refractivity contribution < 1.29 is 28.4 Å². The van der Waals surface area contributed by atoms with Crippen LogP contribution in [-0.2, 0) is 14.2 Å². The van der Waals surface area contributed by atoms with Crippen LogP contribution in [-0.4, -0.2) is 45.9 Å². The van der Waals surface area contributed by atoms with Crippen LogP contribution in [0.3, 0.4) is 0 Å². The monoisotopic (exact) mass is 340 g/mol. The normalized spacial score (nSPS) is 21.2. The number of ether oxygens (including phenoxy) is 6. The highest BCUT2D eigenvalue weighted by molar-refractivity contribution is 5.54. The first-order valence-electron chi connectivity index (χ1n) is 8.23. The SMILES string of the molecule is COc1cc(C2OCOCC2OC(C)C)cc(OC)c1OC(C)C. The molecule has 1 saturated heterocycles. The predicted molar refractivity (Wildman–Crippen MR) is 90.0 cm³/mol. The molecule has 0 N–H and O–H groups in total. The zero-order valence-electron chi connectivity index (χ0n) is 15.3. The van der Waals surface area contributed by atoms with Crippen LogP contribution in [0.15, 0.2) is 12.1 Å². The van der Waals surface area contributed by atoms with E-state index in [0.29, 0.717) is 23.9 Å². The van der Waals surface area contributed by atoms with Crippen LogP contribution >= 0.6 is 0 Å². The van der Waals surface area contributed by atoms with E-state index in [0.717, 1.165) is 5.56 Å². The molecular weight excluding hydrogens is 312 g/mol. The fraction of sp³-hybridized carbons (Fsp3) is 0.667. The van der Waals surface area contributed by atoms with Crippen molar-refractivity contribution in [2.24, 2.45) is 0 Å². The molecule has 24 heavy (non-hydrogen) atoms. The molecule has 1 fully saturated rings. The van der Waals surface area contributed by atoms with E-state index < -0.39 is 0 Å². The lowest BCUT2D eigenvalue weighted by Gasteiger charge is -2.33. The van der Waals surface area contributed by atoms with Crippen molar-refractivity contribution in [2.75, 3.05) is 27.6 Å². The van der Waals surface area contributed by atoms with Gasteiger partial charge in [0.25, 0.3) is 0 Å². The minimum absolute atomic E-state index is 0.00926. The second kappa shape index (κ2) is 8.55. The molecule has 0 saturated carbocycles. The fourth-order valence-electron chi connectivity index (χ4n) is 2.67. The molecule has 0 bridgehead atoms. The van der Waals surface area contributed by atoms with Crippen molar-refractivity contribution in [1.29, 1.82) is 0 Å². The van der Waals surface area contributed by atoms with E-state index >= 15 is 0 Å². The van der Waals surface area contributed by atoms with Gasteiger partial charge in [-0.05, 0) is 45.4 Å². The number of rotatable bonds is 7. The number of benzene rings is 1. The number of methoxy groups -OCH3 is 2. The molecule has 1 aromatic rings. The molecule has 0 aromatic heterocycles.